The van der Waals surface area contributed by atoms with Gasteiger partial charge in [-0.3, -0.25) is 4.79 Å². The van der Waals surface area contributed by atoms with Crippen LogP contribution in [-0.2, 0) is 12.2 Å². The second-order valence-corrected chi connectivity index (χ2v) is 6.29. The molecule has 1 atom stereocenters. The van der Waals surface area contributed by atoms with Crippen LogP contribution in [-0.4, -0.2) is 25.8 Å². The molecule has 1 amide bonds. The molecular formula is C18H15N5O. The van der Waals surface area contributed by atoms with E-state index in [2.05, 4.69) is 15.6 Å². The fourth-order valence-electron chi connectivity index (χ4n) is 3.70. The Bertz CT molecular complexity index is 979. The summed E-state index contributed by atoms with van der Waals surface area (Å²) in [7, 11) is 0. The van der Waals surface area contributed by atoms with E-state index in [1.54, 1.807) is 6.20 Å². The third-order valence-electron chi connectivity index (χ3n) is 4.92. The zero-order chi connectivity index (χ0) is 16.3. The van der Waals surface area contributed by atoms with Crippen LogP contribution in [0.4, 0.5) is 5.69 Å². The van der Waals surface area contributed by atoms with E-state index < -0.39 is 5.66 Å². The van der Waals surface area contributed by atoms with Crippen LogP contribution in [0.5, 0.6) is 0 Å². The number of anilines is 1. The predicted molar refractivity (Wildman–Crippen MR) is 88.6 cm³/mol. The molecule has 3 heterocycles. The smallest absolute Gasteiger partial charge is 0.258 e. The number of amides is 1. The van der Waals surface area contributed by atoms with Gasteiger partial charge in [-0.25, -0.2) is 4.68 Å². The average Bonchev–Trinajstić information content (AvgIpc) is 3.03. The van der Waals surface area contributed by atoms with Crippen molar-refractivity contribution in [3.8, 4) is 5.69 Å². The molecule has 2 aliphatic heterocycles. The molecule has 6 nitrogen and oxygen atoms in total. The summed E-state index contributed by atoms with van der Waals surface area (Å²) in [5, 5.41) is 11.8. The molecule has 0 aliphatic carbocycles. The lowest BCUT2D eigenvalue weighted by molar-refractivity contribution is 0.0513. The highest BCUT2D eigenvalue weighted by Crippen LogP contribution is 2.42. The first-order chi connectivity index (χ1) is 11.7. The lowest BCUT2D eigenvalue weighted by atomic mass is 9.93. The molecular weight excluding hydrogens is 302 g/mol. The van der Waals surface area contributed by atoms with Crippen molar-refractivity contribution < 1.29 is 4.79 Å². The Morgan fingerprint density at radius 2 is 1.92 bits per heavy atom. The Labute approximate surface area is 138 Å². The Morgan fingerprint density at radius 3 is 2.83 bits per heavy atom. The number of hydrogen-bond donors (Lipinski definition) is 1. The summed E-state index contributed by atoms with van der Waals surface area (Å²) in [5.41, 5.74) is 3.72. The van der Waals surface area contributed by atoms with Crippen LogP contribution >= 0.6 is 0 Å². The molecule has 3 aromatic rings. The van der Waals surface area contributed by atoms with Crippen LogP contribution in [0.15, 0.2) is 54.7 Å². The van der Waals surface area contributed by atoms with E-state index in [1.165, 1.54) is 0 Å². The summed E-state index contributed by atoms with van der Waals surface area (Å²) in [6.45, 7) is 2.48. The molecule has 2 aliphatic rings. The van der Waals surface area contributed by atoms with Crippen molar-refractivity contribution in [1.82, 2.24) is 19.9 Å². The average molecular weight is 317 g/mol. The van der Waals surface area contributed by atoms with E-state index in [0.717, 1.165) is 22.6 Å². The molecule has 1 aromatic heterocycles. The van der Waals surface area contributed by atoms with Gasteiger partial charge in [-0.05, 0) is 25.1 Å². The molecule has 2 aromatic carbocycles. The van der Waals surface area contributed by atoms with Gasteiger partial charge in [-0.2, -0.15) is 0 Å². The van der Waals surface area contributed by atoms with Gasteiger partial charge in [0.1, 0.15) is 5.66 Å². The zero-order valence-corrected chi connectivity index (χ0v) is 13.1. The van der Waals surface area contributed by atoms with E-state index in [9.17, 15) is 4.79 Å². The highest BCUT2D eigenvalue weighted by atomic mass is 16.2. The number of carbonyl (C=O) groups excluding carboxylic acids is 1. The van der Waals surface area contributed by atoms with E-state index in [0.29, 0.717) is 12.1 Å². The Kier molecular flexibility index (Phi) is 2.46. The monoisotopic (exact) mass is 317 g/mol. The molecule has 1 unspecified atom stereocenters. The number of benzene rings is 2. The van der Waals surface area contributed by atoms with Crippen molar-refractivity contribution in [2.75, 3.05) is 5.32 Å². The van der Waals surface area contributed by atoms with Gasteiger partial charge in [-0.15, -0.1) is 5.10 Å². The number of hydrogen-bond acceptors (Lipinski definition) is 4. The standard InChI is InChI=1S/C18H15N5O/c1-18-14-7-3-5-9-16(14)23-12(10-19-21-23)11-22(18)17(24)13-6-2-4-8-15(13)20-18/h2-10,20H,11H2,1H3. The van der Waals surface area contributed by atoms with Crippen molar-refractivity contribution in [2.24, 2.45) is 0 Å². The molecule has 24 heavy (non-hydrogen) atoms. The van der Waals surface area contributed by atoms with E-state index >= 15 is 0 Å². The molecule has 0 saturated heterocycles. The second-order valence-electron chi connectivity index (χ2n) is 6.29. The van der Waals surface area contributed by atoms with Gasteiger partial charge in [-0.1, -0.05) is 35.5 Å². The fraction of sp³-hybridized carbons (Fsp3) is 0.167. The molecule has 118 valence electrons. The number of nitrogens with zero attached hydrogens (tertiary/aromatic N) is 4. The van der Waals surface area contributed by atoms with Gasteiger partial charge in [0.25, 0.3) is 5.91 Å². The largest absolute Gasteiger partial charge is 0.358 e. The van der Waals surface area contributed by atoms with Crippen molar-refractivity contribution in [3.05, 3.63) is 71.5 Å². The molecule has 0 radical (unpaired) electrons. The summed E-state index contributed by atoms with van der Waals surface area (Å²) in [6.07, 6.45) is 1.72. The first kappa shape index (κ1) is 13.3. The van der Waals surface area contributed by atoms with Gasteiger partial charge < -0.3 is 10.2 Å². The minimum Gasteiger partial charge on any atom is -0.358 e. The summed E-state index contributed by atoms with van der Waals surface area (Å²) in [6, 6.07) is 15.6. The lowest BCUT2D eigenvalue weighted by Gasteiger charge is -2.45. The predicted octanol–water partition coefficient (Wildman–Crippen LogP) is 2.52. The molecule has 1 N–H and O–H groups in total. The number of nitrogens with one attached hydrogen (secondary N) is 1. The van der Waals surface area contributed by atoms with Crippen molar-refractivity contribution in [3.63, 3.8) is 0 Å². The van der Waals surface area contributed by atoms with E-state index in [1.807, 2.05) is 65.0 Å². The van der Waals surface area contributed by atoms with Gasteiger partial charge >= 0.3 is 0 Å². The number of carbonyl (C=O) groups is 1. The molecule has 0 saturated carbocycles. The topological polar surface area (TPSA) is 63.1 Å². The van der Waals surface area contributed by atoms with Crippen LogP contribution < -0.4 is 5.32 Å². The quantitative estimate of drug-likeness (QED) is 0.692. The minimum absolute atomic E-state index is 0.0105. The maximum atomic E-state index is 13.2. The SMILES string of the molecule is CC12Nc3ccccc3C(=O)N1Cc1cnnn1-c1ccccc12. The highest BCUT2D eigenvalue weighted by molar-refractivity contribution is 6.02. The van der Waals surface area contributed by atoms with Crippen LogP contribution in [0.25, 0.3) is 5.69 Å². The highest BCUT2D eigenvalue weighted by Gasteiger charge is 2.45. The maximum absolute atomic E-state index is 13.2. The lowest BCUT2D eigenvalue weighted by Crippen LogP contribution is -2.54. The van der Waals surface area contributed by atoms with Gasteiger partial charge in [0, 0.05) is 11.3 Å². The molecule has 6 heteroatoms. The minimum atomic E-state index is -0.650. The number of aromatic nitrogens is 3. The van der Waals surface area contributed by atoms with Crippen molar-refractivity contribution in [2.45, 2.75) is 19.1 Å². The number of rotatable bonds is 0. The summed E-state index contributed by atoms with van der Waals surface area (Å²) in [5.74, 6) is 0.0105. The van der Waals surface area contributed by atoms with E-state index in [4.69, 9.17) is 0 Å². The van der Waals surface area contributed by atoms with Crippen LogP contribution in [0, 0.1) is 0 Å². The molecule has 0 spiro atoms. The van der Waals surface area contributed by atoms with Crippen molar-refractivity contribution >= 4 is 11.6 Å². The maximum Gasteiger partial charge on any atom is 0.258 e. The first-order valence-corrected chi connectivity index (χ1v) is 7.87. The number of para-hydroxylation sites is 2. The van der Waals surface area contributed by atoms with Crippen LogP contribution in [0.3, 0.4) is 0 Å². The summed E-state index contributed by atoms with van der Waals surface area (Å²) >= 11 is 0. The van der Waals surface area contributed by atoms with Gasteiger partial charge in [0.2, 0.25) is 0 Å². The third-order valence-corrected chi connectivity index (χ3v) is 4.92. The normalized spacial score (nSPS) is 21.0. The molecule has 5 rings (SSSR count). The van der Waals surface area contributed by atoms with E-state index in [-0.39, 0.29) is 5.91 Å². The number of fused-ring (bicyclic) bond motifs is 6. The molecule has 0 bridgehead atoms. The van der Waals surface area contributed by atoms with Crippen LogP contribution in [0.2, 0.25) is 0 Å². The van der Waals surface area contributed by atoms with Gasteiger partial charge in [0.15, 0.2) is 0 Å². The van der Waals surface area contributed by atoms with Crippen LogP contribution in [0.1, 0.15) is 28.5 Å². The summed E-state index contributed by atoms with van der Waals surface area (Å²) in [4.78, 5) is 15.0. The Hall–Kier alpha value is -3.15. The third kappa shape index (κ3) is 1.57. The fourth-order valence-corrected chi connectivity index (χ4v) is 3.70. The Morgan fingerprint density at radius 1 is 1.12 bits per heavy atom. The second kappa shape index (κ2) is 4.44. The molecule has 0 fully saturated rings. The summed E-state index contributed by atoms with van der Waals surface area (Å²) < 4.78 is 1.82. The zero-order valence-electron chi connectivity index (χ0n) is 13.1. The first-order valence-electron chi connectivity index (χ1n) is 7.87. The Balaban J connectivity index is 1.82. The van der Waals surface area contributed by atoms with Crippen molar-refractivity contribution in [1.29, 1.82) is 0 Å². The van der Waals surface area contributed by atoms with Gasteiger partial charge in [0.05, 0.1) is 29.7 Å².